The number of hydrogen-bond donors (Lipinski definition) is 4. The Morgan fingerprint density at radius 1 is 0.621 bits per heavy atom. The summed E-state index contributed by atoms with van der Waals surface area (Å²) in [5.74, 6) is 0.00852. The molecule has 0 bridgehead atoms. The van der Waals surface area contributed by atoms with Gasteiger partial charge in [0.2, 0.25) is 0 Å². The molecule has 29 heavy (non-hydrogen) atoms. The van der Waals surface area contributed by atoms with Crippen LogP contribution in [-0.2, 0) is 17.1 Å². The molecule has 157 valence electrons. The van der Waals surface area contributed by atoms with Crippen molar-refractivity contribution in [3.63, 3.8) is 0 Å². The third kappa shape index (κ3) is 7.81. The fraction of sp³-hybridized carbons (Fsp3) is 0.100. The summed E-state index contributed by atoms with van der Waals surface area (Å²) in [5.41, 5.74) is 2.67. The summed E-state index contributed by atoms with van der Waals surface area (Å²) >= 11 is 0. The zero-order valence-electron chi connectivity index (χ0n) is 15.8. The van der Waals surface area contributed by atoms with Crippen LogP contribution >= 0.6 is 0 Å². The van der Waals surface area contributed by atoms with Crippen molar-refractivity contribution in [3.8, 4) is 34.0 Å². The number of aromatic nitrogens is 4. The maximum atomic E-state index is 11.3. The number of rotatable bonds is 2. The van der Waals surface area contributed by atoms with Gasteiger partial charge in [0.05, 0.1) is 11.4 Å². The molecule has 2 aromatic carbocycles. The minimum atomic E-state index is 0. The first-order valence-electron chi connectivity index (χ1n) is 8.17. The molecule has 0 fully saturated rings. The van der Waals surface area contributed by atoms with Gasteiger partial charge in [-0.15, -0.1) is 0 Å². The van der Waals surface area contributed by atoms with E-state index in [0.717, 1.165) is 14.2 Å². The summed E-state index contributed by atoms with van der Waals surface area (Å²) in [6.45, 7) is 0. The second-order valence-electron chi connectivity index (χ2n) is 4.91. The molecule has 1 radical (unpaired) electrons. The van der Waals surface area contributed by atoms with Crippen molar-refractivity contribution in [3.05, 3.63) is 73.1 Å². The third-order valence-corrected chi connectivity index (χ3v) is 3.33. The molecule has 4 rings (SSSR count). The van der Waals surface area contributed by atoms with Gasteiger partial charge in [0.1, 0.15) is 0 Å². The Balaban J connectivity index is 0.000000449. The van der Waals surface area contributed by atoms with Crippen LogP contribution in [0.1, 0.15) is 0 Å². The maximum Gasteiger partial charge on any atom is 2.00 e. The Hall–Kier alpha value is -3.10. The SMILES string of the molecule is CO.CO.[Cu+2].[O-]c1ccccc1-c1cc[nH]n1.[O-]c1ccccc1-c1cc[nH]n1. The van der Waals surface area contributed by atoms with Crippen LogP contribution in [0.2, 0.25) is 0 Å². The molecule has 8 nitrogen and oxygen atoms in total. The number of hydrogen-bond acceptors (Lipinski definition) is 6. The molecular weight excluding hydrogens is 424 g/mol. The number of benzene rings is 2. The van der Waals surface area contributed by atoms with Gasteiger partial charge in [0.25, 0.3) is 0 Å². The molecule has 2 heterocycles. The Kier molecular flexibility index (Phi) is 13.3. The van der Waals surface area contributed by atoms with E-state index < -0.39 is 0 Å². The minimum Gasteiger partial charge on any atom is -0.872 e. The molecule has 0 atom stereocenters. The van der Waals surface area contributed by atoms with Crippen LogP contribution in [0, 0.1) is 0 Å². The van der Waals surface area contributed by atoms with Gasteiger partial charge in [-0.1, -0.05) is 60.0 Å². The van der Waals surface area contributed by atoms with Gasteiger partial charge < -0.3 is 20.4 Å². The van der Waals surface area contributed by atoms with E-state index in [1.54, 1.807) is 48.8 Å². The molecule has 2 aromatic heterocycles. The zero-order chi connectivity index (χ0) is 20.8. The quantitative estimate of drug-likeness (QED) is 0.344. The summed E-state index contributed by atoms with van der Waals surface area (Å²) in [6.07, 6.45) is 3.39. The van der Waals surface area contributed by atoms with E-state index >= 15 is 0 Å². The number of aliphatic hydroxyl groups excluding tert-OH is 2. The Morgan fingerprint density at radius 3 is 1.24 bits per heavy atom. The largest absolute Gasteiger partial charge is 2.00 e. The predicted octanol–water partition coefficient (Wildman–Crippen LogP) is 1.52. The first kappa shape index (κ1) is 25.9. The summed E-state index contributed by atoms with van der Waals surface area (Å²) in [7, 11) is 2.00. The van der Waals surface area contributed by atoms with Crippen molar-refractivity contribution >= 4 is 0 Å². The fourth-order valence-electron chi connectivity index (χ4n) is 2.18. The van der Waals surface area contributed by atoms with Gasteiger partial charge in [0.15, 0.2) is 0 Å². The average Bonchev–Trinajstić information content (AvgIpc) is 3.47. The van der Waals surface area contributed by atoms with Gasteiger partial charge in [-0.2, -0.15) is 10.2 Å². The normalized spacial score (nSPS) is 8.69. The van der Waals surface area contributed by atoms with Gasteiger partial charge in [0, 0.05) is 26.6 Å². The van der Waals surface area contributed by atoms with Crippen LogP contribution in [0.4, 0.5) is 0 Å². The first-order chi connectivity index (χ1) is 13.8. The number of para-hydroxylation sites is 2. The Labute approximate surface area is 179 Å². The summed E-state index contributed by atoms with van der Waals surface area (Å²) in [4.78, 5) is 0. The van der Waals surface area contributed by atoms with Crippen molar-refractivity contribution in [2.24, 2.45) is 0 Å². The van der Waals surface area contributed by atoms with E-state index in [1.165, 1.54) is 12.1 Å². The fourth-order valence-corrected chi connectivity index (χ4v) is 2.18. The predicted molar refractivity (Wildman–Crippen MR) is 103 cm³/mol. The Morgan fingerprint density at radius 2 is 0.966 bits per heavy atom. The second kappa shape index (κ2) is 14.9. The molecule has 0 aliphatic rings. The van der Waals surface area contributed by atoms with Crippen LogP contribution in [-0.4, -0.2) is 44.8 Å². The van der Waals surface area contributed by atoms with Crippen LogP contribution in [0.5, 0.6) is 11.5 Å². The van der Waals surface area contributed by atoms with Crippen molar-refractivity contribution < 1.29 is 37.5 Å². The van der Waals surface area contributed by atoms with Crippen LogP contribution in [0.3, 0.4) is 0 Å². The van der Waals surface area contributed by atoms with Gasteiger partial charge >= 0.3 is 17.1 Å². The van der Waals surface area contributed by atoms with Crippen LogP contribution in [0.15, 0.2) is 73.1 Å². The number of H-pyrrole nitrogens is 2. The molecule has 0 amide bonds. The summed E-state index contributed by atoms with van der Waals surface area (Å²) in [5, 5.41) is 49.7. The van der Waals surface area contributed by atoms with Crippen molar-refractivity contribution in [2.75, 3.05) is 14.2 Å². The molecule has 0 aliphatic heterocycles. The molecule has 0 spiro atoms. The summed E-state index contributed by atoms with van der Waals surface area (Å²) in [6, 6.07) is 17.2. The van der Waals surface area contributed by atoms with Gasteiger partial charge in [-0.3, -0.25) is 10.2 Å². The van der Waals surface area contributed by atoms with E-state index in [1.807, 2.05) is 12.1 Å². The van der Waals surface area contributed by atoms with Crippen molar-refractivity contribution in [1.29, 1.82) is 0 Å². The maximum absolute atomic E-state index is 11.3. The monoisotopic (exact) mass is 445 g/mol. The molecule has 4 N–H and O–H groups in total. The van der Waals surface area contributed by atoms with E-state index in [4.69, 9.17) is 10.2 Å². The Bertz CT molecular complexity index is 825. The number of aliphatic hydroxyl groups is 2. The molecule has 4 aromatic rings. The van der Waals surface area contributed by atoms with E-state index in [9.17, 15) is 10.2 Å². The van der Waals surface area contributed by atoms with Crippen molar-refractivity contribution in [2.45, 2.75) is 0 Å². The number of nitrogens with zero attached hydrogens (tertiary/aromatic N) is 2. The van der Waals surface area contributed by atoms with Crippen molar-refractivity contribution in [1.82, 2.24) is 20.4 Å². The zero-order valence-corrected chi connectivity index (χ0v) is 16.8. The first-order valence-corrected chi connectivity index (χ1v) is 8.17. The number of aromatic amines is 2. The van der Waals surface area contributed by atoms with Gasteiger partial charge in [-0.05, 0) is 23.3 Å². The minimum absolute atomic E-state index is 0. The molecule has 0 saturated carbocycles. The average molecular weight is 446 g/mol. The van der Waals surface area contributed by atoms with Gasteiger partial charge in [-0.25, -0.2) is 0 Å². The standard InChI is InChI=1S/2C9H8N2O.2CH4O.Cu/c2*12-9-4-2-1-3-7(9)8-5-6-10-11-8;2*1-2;/h2*1-6,12H,(H,10,11);2*2H,1H3;/q;;;;+2/p-2. The van der Waals surface area contributed by atoms with E-state index in [-0.39, 0.29) is 28.6 Å². The molecule has 0 saturated heterocycles. The molecule has 0 aliphatic carbocycles. The third-order valence-electron chi connectivity index (χ3n) is 3.33. The van der Waals surface area contributed by atoms with E-state index in [2.05, 4.69) is 20.4 Å². The molecular formula is C20H22CuN4O4. The molecule has 9 heteroatoms. The van der Waals surface area contributed by atoms with Crippen LogP contribution < -0.4 is 10.2 Å². The molecule has 0 unspecified atom stereocenters. The summed E-state index contributed by atoms with van der Waals surface area (Å²) < 4.78 is 0. The van der Waals surface area contributed by atoms with E-state index in [0.29, 0.717) is 22.5 Å². The smallest absolute Gasteiger partial charge is 0.872 e. The number of nitrogens with one attached hydrogen (secondary N) is 2. The topological polar surface area (TPSA) is 144 Å². The second-order valence-corrected chi connectivity index (χ2v) is 4.91. The van der Waals surface area contributed by atoms with Crippen LogP contribution in [0.25, 0.3) is 22.5 Å².